The SMILES string of the molecule is O=C(O)C(Cc1ccccc1)N=Nc1nc(-c2ccc3c(c2)OCCO3)cs1. The van der Waals surface area contributed by atoms with E-state index in [9.17, 15) is 9.90 Å². The topological polar surface area (TPSA) is 93.4 Å². The second-order valence-corrected chi connectivity index (χ2v) is 6.97. The molecule has 7 nitrogen and oxygen atoms in total. The van der Waals surface area contributed by atoms with E-state index in [1.165, 1.54) is 11.3 Å². The molecule has 1 N–H and O–H groups in total. The van der Waals surface area contributed by atoms with Crippen LogP contribution in [0.3, 0.4) is 0 Å². The molecule has 0 fully saturated rings. The smallest absolute Gasteiger partial charge is 0.330 e. The number of thiazole rings is 1. The highest BCUT2D eigenvalue weighted by Gasteiger charge is 2.18. The van der Waals surface area contributed by atoms with Crippen LogP contribution in [0.1, 0.15) is 5.56 Å². The first-order valence-electron chi connectivity index (χ1n) is 8.72. The van der Waals surface area contributed by atoms with Gasteiger partial charge in [0.15, 0.2) is 17.5 Å². The molecule has 1 aliphatic heterocycles. The van der Waals surface area contributed by atoms with E-state index in [0.29, 0.717) is 24.1 Å². The van der Waals surface area contributed by atoms with E-state index in [1.54, 1.807) is 0 Å². The molecule has 4 rings (SSSR count). The van der Waals surface area contributed by atoms with E-state index in [0.717, 1.165) is 22.6 Å². The van der Waals surface area contributed by atoms with Gasteiger partial charge in [-0.05, 0) is 23.8 Å². The Balaban J connectivity index is 1.49. The van der Waals surface area contributed by atoms with Crippen LogP contribution in [0.15, 0.2) is 64.1 Å². The first-order valence-corrected chi connectivity index (χ1v) is 9.60. The van der Waals surface area contributed by atoms with Gasteiger partial charge in [-0.25, -0.2) is 9.78 Å². The van der Waals surface area contributed by atoms with Crippen LogP contribution < -0.4 is 9.47 Å². The summed E-state index contributed by atoms with van der Waals surface area (Å²) in [6.07, 6.45) is 0.278. The number of hydrogen-bond acceptors (Lipinski definition) is 7. The third-order valence-electron chi connectivity index (χ3n) is 4.17. The van der Waals surface area contributed by atoms with Crippen LogP contribution >= 0.6 is 11.3 Å². The van der Waals surface area contributed by atoms with E-state index in [4.69, 9.17) is 9.47 Å². The number of benzene rings is 2. The van der Waals surface area contributed by atoms with Crippen molar-refractivity contribution in [2.45, 2.75) is 12.5 Å². The first kappa shape index (κ1) is 18.1. The zero-order valence-electron chi connectivity index (χ0n) is 14.8. The Morgan fingerprint density at radius 2 is 1.93 bits per heavy atom. The maximum absolute atomic E-state index is 11.5. The number of fused-ring (bicyclic) bond motifs is 1. The fourth-order valence-electron chi connectivity index (χ4n) is 2.78. The Bertz CT molecular complexity index is 1000. The molecule has 1 atom stereocenters. The standard InChI is InChI=1S/C20H17N3O4S/c24-19(25)15(10-13-4-2-1-3-5-13)22-23-20-21-16(12-28-20)14-6-7-17-18(11-14)27-9-8-26-17/h1-7,11-12,15H,8-10H2,(H,24,25). The summed E-state index contributed by atoms with van der Waals surface area (Å²) in [6, 6.07) is 14.0. The van der Waals surface area contributed by atoms with Crippen molar-refractivity contribution in [3.8, 4) is 22.8 Å². The van der Waals surface area contributed by atoms with Crippen molar-refractivity contribution in [3.63, 3.8) is 0 Å². The molecule has 0 saturated heterocycles. The lowest BCUT2D eigenvalue weighted by atomic mass is 10.1. The number of carboxylic acids is 1. The van der Waals surface area contributed by atoms with Crippen LogP contribution in [0.4, 0.5) is 5.13 Å². The van der Waals surface area contributed by atoms with Crippen LogP contribution in [0.5, 0.6) is 11.5 Å². The zero-order chi connectivity index (χ0) is 19.3. The highest BCUT2D eigenvalue weighted by atomic mass is 32.1. The van der Waals surface area contributed by atoms with Gasteiger partial charge in [0.25, 0.3) is 0 Å². The third-order valence-corrected chi connectivity index (χ3v) is 4.89. The van der Waals surface area contributed by atoms with Crippen molar-refractivity contribution < 1.29 is 19.4 Å². The maximum atomic E-state index is 11.5. The molecule has 1 aliphatic rings. The number of carboxylic acid groups (broad SMARTS) is 1. The van der Waals surface area contributed by atoms with E-state index >= 15 is 0 Å². The van der Waals surface area contributed by atoms with Crippen molar-refractivity contribution in [1.29, 1.82) is 0 Å². The van der Waals surface area contributed by atoms with Crippen molar-refractivity contribution >= 4 is 22.4 Å². The second kappa shape index (κ2) is 8.18. The summed E-state index contributed by atoms with van der Waals surface area (Å²) in [7, 11) is 0. The number of ether oxygens (including phenoxy) is 2. The van der Waals surface area contributed by atoms with Crippen molar-refractivity contribution in [2.75, 3.05) is 13.2 Å². The van der Waals surface area contributed by atoms with Gasteiger partial charge in [-0.1, -0.05) is 30.3 Å². The molecule has 1 aromatic heterocycles. The quantitative estimate of drug-likeness (QED) is 0.626. The number of carbonyl (C=O) groups is 1. The van der Waals surface area contributed by atoms with Gasteiger partial charge in [0.1, 0.15) is 13.2 Å². The van der Waals surface area contributed by atoms with E-state index in [2.05, 4.69) is 15.2 Å². The fraction of sp³-hybridized carbons (Fsp3) is 0.200. The molecule has 0 radical (unpaired) electrons. The van der Waals surface area contributed by atoms with Crippen molar-refractivity contribution in [3.05, 3.63) is 59.5 Å². The molecular weight excluding hydrogens is 378 g/mol. The second-order valence-electron chi connectivity index (χ2n) is 6.13. The van der Waals surface area contributed by atoms with Crippen LogP contribution in [-0.4, -0.2) is 35.3 Å². The predicted molar refractivity (Wildman–Crippen MR) is 105 cm³/mol. The number of nitrogens with zero attached hydrogens (tertiary/aromatic N) is 3. The summed E-state index contributed by atoms with van der Waals surface area (Å²) >= 11 is 1.31. The Morgan fingerprint density at radius 3 is 2.71 bits per heavy atom. The van der Waals surface area contributed by atoms with Gasteiger partial charge in [0.2, 0.25) is 5.13 Å². The highest BCUT2D eigenvalue weighted by Crippen LogP contribution is 2.35. The molecular formula is C20H17N3O4S. The third kappa shape index (κ3) is 4.17. The van der Waals surface area contributed by atoms with Crippen LogP contribution in [0.2, 0.25) is 0 Å². The van der Waals surface area contributed by atoms with Crippen molar-refractivity contribution in [2.24, 2.45) is 10.2 Å². The summed E-state index contributed by atoms with van der Waals surface area (Å²) in [5, 5.41) is 19.7. The van der Waals surface area contributed by atoms with Gasteiger partial charge < -0.3 is 14.6 Å². The monoisotopic (exact) mass is 395 g/mol. The molecule has 0 aliphatic carbocycles. The highest BCUT2D eigenvalue weighted by molar-refractivity contribution is 7.13. The number of aliphatic carboxylic acids is 1. The Hall–Kier alpha value is -3.26. The van der Waals surface area contributed by atoms with Gasteiger partial charge >= 0.3 is 5.97 Å². The van der Waals surface area contributed by atoms with Gasteiger partial charge in [-0.3, -0.25) is 0 Å². The largest absolute Gasteiger partial charge is 0.486 e. The lowest BCUT2D eigenvalue weighted by Gasteiger charge is -2.18. The lowest BCUT2D eigenvalue weighted by Crippen LogP contribution is -2.20. The van der Waals surface area contributed by atoms with Crippen LogP contribution in [-0.2, 0) is 11.2 Å². The molecule has 3 aromatic rings. The fourth-order valence-corrected chi connectivity index (χ4v) is 3.43. The van der Waals surface area contributed by atoms with Crippen molar-refractivity contribution in [1.82, 2.24) is 4.98 Å². The van der Waals surface area contributed by atoms with E-state index in [1.807, 2.05) is 53.9 Å². The number of azo groups is 1. The molecule has 0 amide bonds. The average Bonchev–Trinajstić information content (AvgIpc) is 3.20. The zero-order valence-corrected chi connectivity index (χ0v) is 15.6. The Morgan fingerprint density at radius 1 is 1.14 bits per heavy atom. The van der Waals surface area contributed by atoms with E-state index in [-0.39, 0.29) is 6.42 Å². The molecule has 28 heavy (non-hydrogen) atoms. The summed E-state index contributed by atoms with van der Waals surface area (Å²) < 4.78 is 11.1. The maximum Gasteiger partial charge on any atom is 0.330 e. The van der Waals surface area contributed by atoms with Crippen LogP contribution in [0.25, 0.3) is 11.3 Å². The normalized spacial score (nSPS) is 14.1. The lowest BCUT2D eigenvalue weighted by molar-refractivity contribution is -0.138. The van der Waals surface area contributed by atoms with Gasteiger partial charge in [-0.2, -0.15) is 5.11 Å². The Kier molecular flexibility index (Phi) is 5.29. The van der Waals surface area contributed by atoms with Crippen LogP contribution in [0, 0.1) is 0 Å². The van der Waals surface area contributed by atoms with E-state index < -0.39 is 12.0 Å². The average molecular weight is 395 g/mol. The van der Waals surface area contributed by atoms with Gasteiger partial charge in [0, 0.05) is 17.4 Å². The minimum atomic E-state index is -1.02. The van der Waals surface area contributed by atoms with Gasteiger partial charge in [0.05, 0.1) is 5.69 Å². The molecule has 8 heteroatoms. The molecule has 2 heterocycles. The Labute approximate surface area is 165 Å². The molecule has 1 unspecified atom stereocenters. The molecule has 0 spiro atoms. The summed E-state index contributed by atoms with van der Waals surface area (Å²) in [5.41, 5.74) is 2.50. The summed E-state index contributed by atoms with van der Waals surface area (Å²) in [5.74, 6) is 0.389. The first-order chi connectivity index (χ1) is 13.7. The number of aromatic nitrogens is 1. The minimum absolute atomic E-state index is 0.278. The number of rotatable bonds is 6. The molecule has 0 bridgehead atoms. The number of hydrogen-bond donors (Lipinski definition) is 1. The molecule has 142 valence electrons. The molecule has 0 saturated carbocycles. The molecule has 2 aromatic carbocycles. The predicted octanol–water partition coefficient (Wildman–Crippen LogP) is 4.36. The summed E-state index contributed by atoms with van der Waals surface area (Å²) in [6.45, 7) is 1.06. The van der Waals surface area contributed by atoms with Gasteiger partial charge in [-0.15, -0.1) is 16.5 Å². The minimum Gasteiger partial charge on any atom is -0.486 e. The summed E-state index contributed by atoms with van der Waals surface area (Å²) in [4.78, 5) is 15.9.